The molecule has 2 aromatic heterocycles. The molecule has 2 aliphatic rings. The lowest BCUT2D eigenvalue weighted by Crippen LogP contribution is -2.37. The molecule has 1 aromatic carbocycles. The Labute approximate surface area is 195 Å². The van der Waals surface area contributed by atoms with Crippen LogP contribution in [-0.2, 0) is 20.8 Å². The van der Waals surface area contributed by atoms with Crippen LogP contribution in [0.4, 0.5) is 5.82 Å². The number of hydrogen-bond donors (Lipinski definition) is 3. The van der Waals surface area contributed by atoms with Crippen molar-refractivity contribution in [3.05, 3.63) is 47.8 Å². The monoisotopic (exact) mass is 459 g/mol. The van der Waals surface area contributed by atoms with Crippen molar-refractivity contribution in [2.75, 3.05) is 11.9 Å². The van der Waals surface area contributed by atoms with Crippen LogP contribution >= 0.6 is 0 Å². The van der Waals surface area contributed by atoms with Gasteiger partial charge in [0.25, 0.3) is 11.9 Å². The number of aromatic amines is 1. The Bertz CT molecular complexity index is 1350. The van der Waals surface area contributed by atoms with E-state index in [0.717, 1.165) is 47.9 Å². The first-order chi connectivity index (χ1) is 16.5. The van der Waals surface area contributed by atoms with Crippen molar-refractivity contribution < 1.29 is 14.4 Å². The molecule has 1 fully saturated rings. The number of amides is 3. The van der Waals surface area contributed by atoms with Crippen LogP contribution < -0.4 is 10.6 Å². The van der Waals surface area contributed by atoms with E-state index in [1.54, 1.807) is 13.0 Å². The summed E-state index contributed by atoms with van der Waals surface area (Å²) in [5, 5.41) is 10.6. The number of para-hydroxylation sites is 1. The maximum absolute atomic E-state index is 12.5. The fraction of sp³-hybridized carbons (Fsp3) is 0.333. The maximum atomic E-state index is 12.5. The summed E-state index contributed by atoms with van der Waals surface area (Å²) in [7, 11) is 0. The lowest BCUT2D eigenvalue weighted by atomic mass is 9.86. The molecular formula is C24H25N7O3. The van der Waals surface area contributed by atoms with Crippen molar-refractivity contribution in [3.63, 3.8) is 0 Å². The number of rotatable bonds is 4. The second-order valence-corrected chi connectivity index (χ2v) is 8.55. The van der Waals surface area contributed by atoms with Crippen LogP contribution in [0.5, 0.6) is 0 Å². The Hall–Kier alpha value is -4.08. The van der Waals surface area contributed by atoms with Gasteiger partial charge >= 0.3 is 11.8 Å². The van der Waals surface area contributed by atoms with Crippen molar-refractivity contribution in [1.82, 2.24) is 20.1 Å². The highest BCUT2D eigenvalue weighted by Crippen LogP contribution is 2.26. The lowest BCUT2D eigenvalue weighted by molar-refractivity contribution is -0.136. The minimum Gasteiger partial charge on any atom is -0.361 e. The van der Waals surface area contributed by atoms with Gasteiger partial charge in [-0.3, -0.25) is 14.4 Å². The van der Waals surface area contributed by atoms with Crippen LogP contribution in [0.2, 0.25) is 0 Å². The molecule has 1 atom stereocenters. The summed E-state index contributed by atoms with van der Waals surface area (Å²) in [6.45, 7) is 2.05. The molecule has 1 saturated carbocycles. The highest BCUT2D eigenvalue weighted by atomic mass is 16.2. The van der Waals surface area contributed by atoms with Gasteiger partial charge in [0.2, 0.25) is 0 Å². The lowest BCUT2D eigenvalue weighted by Gasteiger charge is -2.24. The quantitative estimate of drug-likeness (QED) is 0.516. The Morgan fingerprint density at radius 1 is 1.18 bits per heavy atom. The first kappa shape index (κ1) is 21.7. The number of nitrogens with one attached hydrogen (secondary N) is 3. The summed E-state index contributed by atoms with van der Waals surface area (Å²) in [6.07, 6.45) is 5.96. The van der Waals surface area contributed by atoms with E-state index in [4.69, 9.17) is 0 Å². The van der Waals surface area contributed by atoms with Crippen LogP contribution in [0, 0.1) is 12.8 Å². The molecule has 5 rings (SSSR count). The zero-order chi connectivity index (χ0) is 23.7. The van der Waals surface area contributed by atoms with E-state index in [9.17, 15) is 14.4 Å². The minimum absolute atomic E-state index is 0.112. The van der Waals surface area contributed by atoms with Crippen LogP contribution in [0.3, 0.4) is 0 Å². The van der Waals surface area contributed by atoms with E-state index in [1.165, 1.54) is 4.68 Å². The summed E-state index contributed by atoms with van der Waals surface area (Å²) in [6, 6.07) is 9.52. The van der Waals surface area contributed by atoms with Gasteiger partial charge in [-0.2, -0.15) is 14.8 Å². The van der Waals surface area contributed by atoms with E-state index in [0.29, 0.717) is 18.7 Å². The van der Waals surface area contributed by atoms with Gasteiger partial charge < -0.3 is 15.6 Å². The van der Waals surface area contributed by atoms with Crippen molar-refractivity contribution in [2.45, 2.75) is 39.0 Å². The van der Waals surface area contributed by atoms with E-state index < -0.39 is 11.8 Å². The first-order valence-electron chi connectivity index (χ1n) is 11.4. The maximum Gasteiger partial charge on any atom is 0.314 e. The predicted molar refractivity (Wildman–Crippen MR) is 128 cm³/mol. The molecule has 10 heteroatoms. The highest BCUT2D eigenvalue weighted by Gasteiger charge is 2.32. The molecule has 0 spiro atoms. The molecular weight excluding hydrogens is 434 g/mol. The Balaban J connectivity index is 1.24. The van der Waals surface area contributed by atoms with Crippen LogP contribution in [0.25, 0.3) is 10.9 Å². The predicted octanol–water partition coefficient (Wildman–Crippen LogP) is 2.35. The molecule has 10 nitrogen and oxygen atoms in total. The van der Waals surface area contributed by atoms with Gasteiger partial charge in [-0.05, 0) is 44.2 Å². The number of nitrogens with zero attached hydrogens (tertiary/aromatic N) is 4. The molecule has 3 amide bonds. The molecule has 1 unspecified atom stereocenters. The number of aryl methyl sites for hydroxylation is 1. The third-order valence-corrected chi connectivity index (χ3v) is 6.15. The minimum atomic E-state index is -0.828. The summed E-state index contributed by atoms with van der Waals surface area (Å²) in [5.41, 5.74) is 3.49. The van der Waals surface area contributed by atoms with Gasteiger partial charge in [-0.1, -0.05) is 24.6 Å². The second-order valence-electron chi connectivity index (χ2n) is 8.55. The van der Waals surface area contributed by atoms with Gasteiger partial charge in [-0.25, -0.2) is 4.99 Å². The van der Waals surface area contributed by atoms with Gasteiger partial charge in [0.05, 0.1) is 11.6 Å². The molecule has 1 aliphatic carbocycles. The summed E-state index contributed by atoms with van der Waals surface area (Å²) in [4.78, 5) is 49.3. The number of carbonyl (C=O) groups excluding carboxylic acids is 3. The number of anilines is 1. The van der Waals surface area contributed by atoms with E-state index in [-0.39, 0.29) is 23.6 Å². The largest absolute Gasteiger partial charge is 0.361 e. The zero-order valence-corrected chi connectivity index (χ0v) is 18.8. The third-order valence-electron chi connectivity index (χ3n) is 6.15. The van der Waals surface area contributed by atoms with E-state index in [1.807, 2.05) is 30.5 Å². The molecule has 1 aliphatic heterocycles. The van der Waals surface area contributed by atoms with Crippen LogP contribution in [-0.4, -0.2) is 50.7 Å². The Morgan fingerprint density at radius 2 is 2.03 bits per heavy atom. The highest BCUT2D eigenvalue weighted by molar-refractivity contribution is 6.39. The number of fused-ring (bicyclic) bond motifs is 2. The van der Waals surface area contributed by atoms with E-state index >= 15 is 0 Å². The first-order valence-corrected chi connectivity index (χ1v) is 11.4. The third kappa shape index (κ3) is 4.26. The molecule has 3 N–H and O–H groups in total. The zero-order valence-electron chi connectivity index (χ0n) is 18.8. The number of aliphatic imine (C=N–C) groups is 2. The molecule has 0 bridgehead atoms. The molecule has 0 radical (unpaired) electrons. The Kier molecular flexibility index (Phi) is 5.79. The van der Waals surface area contributed by atoms with Crippen molar-refractivity contribution >= 4 is 46.1 Å². The van der Waals surface area contributed by atoms with E-state index in [2.05, 4.69) is 30.7 Å². The van der Waals surface area contributed by atoms with Crippen LogP contribution in [0.15, 0.2) is 46.5 Å². The molecule has 34 heavy (non-hydrogen) atoms. The van der Waals surface area contributed by atoms with Crippen molar-refractivity contribution in [3.8, 4) is 0 Å². The topological polar surface area (TPSA) is 134 Å². The fourth-order valence-corrected chi connectivity index (χ4v) is 4.46. The standard InChI is InChI=1S/C24H25N7O3/c1-14-12-20(31(30-14)24-27-19-9-5-3-7-17(19)21(32)29-24)28-23(34)22(33)25-11-10-15-13-26-18-8-4-2-6-16(15)18/h2,4,6,8,12-13,17,26H,3,5,7,9-11H2,1H3,(H,25,33)(H,28,34). The number of H-pyrrole nitrogens is 1. The van der Waals surface area contributed by atoms with Gasteiger partial charge in [0.15, 0.2) is 0 Å². The average molecular weight is 460 g/mol. The molecule has 3 heterocycles. The fourth-order valence-electron chi connectivity index (χ4n) is 4.46. The summed E-state index contributed by atoms with van der Waals surface area (Å²) < 4.78 is 1.31. The summed E-state index contributed by atoms with van der Waals surface area (Å²) >= 11 is 0. The molecule has 0 saturated heterocycles. The van der Waals surface area contributed by atoms with Crippen molar-refractivity contribution in [2.24, 2.45) is 15.9 Å². The number of aromatic nitrogens is 3. The van der Waals surface area contributed by atoms with Gasteiger partial charge in [0, 0.05) is 35.4 Å². The van der Waals surface area contributed by atoms with Crippen molar-refractivity contribution in [1.29, 1.82) is 0 Å². The number of benzene rings is 1. The number of hydrogen-bond acceptors (Lipinski definition) is 5. The van der Waals surface area contributed by atoms with Crippen LogP contribution in [0.1, 0.15) is 36.9 Å². The molecule has 3 aromatic rings. The summed E-state index contributed by atoms with van der Waals surface area (Å²) in [5.74, 6) is -1.73. The number of carbonyl (C=O) groups is 3. The SMILES string of the molecule is Cc1cc(NC(=O)C(=O)NCCc2c[nH]c3ccccc23)n(C2=NC(=O)C3CCCCC3=N2)n1. The molecule has 174 valence electrons. The second kappa shape index (κ2) is 9.05. The Morgan fingerprint density at radius 3 is 2.91 bits per heavy atom. The van der Waals surface area contributed by atoms with Gasteiger partial charge in [-0.15, -0.1) is 0 Å². The smallest absolute Gasteiger partial charge is 0.314 e. The van der Waals surface area contributed by atoms with Gasteiger partial charge in [0.1, 0.15) is 5.82 Å². The normalized spacial score (nSPS) is 17.7. The average Bonchev–Trinajstić information content (AvgIpc) is 3.42.